The number of nitrogens with zero attached hydrogens (tertiary/aromatic N) is 2. The Kier molecular flexibility index (Phi) is 4.53. The minimum Gasteiger partial charge on any atom is -0.494 e. The quantitative estimate of drug-likeness (QED) is 0.755. The van der Waals surface area contributed by atoms with E-state index in [1.807, 2.05) is 6.92 Å². The minimum atomic E-state index is -0.490. The number of aromatic nitrogens is 2. The maximum atomic E-state index is 14.2. The summed E-state index contributed by atoms with van der Waals surface area (Å²) >= 11 is 0. The van der Waals surface area contributed by atoms with Crippen LogP contribution in [0, 0.1) is 5.82 Å². The maximum absolute atomic E-state index is 14.2. The van der Waals surface area contributed by atoms with Gasteiger partial charge in [0.15, 0.2) is 0 Å². The Morgan fingerprint density at radius 3 is 2.85 bits per heavy atom. The molecule has 26 heavy (non-hydrogen) atoms. The highest BCUT2D eigenvalue weighted by molar-refractivity contribution is 5.88. The van der Waals surface area contributed by atoms with Crippen molar-refractivity contribution in [3.05, 3.63) is 46.3 Å². The van der Waals surface area contributed by atoms with Gasteiger partial charge in [-0.15, -0.1) is 0 Å². The molecule has 2 aromatic rings. The molecule has 0 unspecified atom stereocenters. The van der Waals surface area contributed by atoms with Crippen LogP contribution in [0.15, 0.2) is 23.5 Å². The van der Waals surface area contributed by atoms with E-state index in [1.165, 1.54) is 12.1 Å². The molecule has 6 heteroatoms. The number of hydrogen-bond acceptors (Lipinski definition) is 4. The summed E-state index contributed by atoms with van der Waals surface area (Å²) in [6, 6.07) is 2.74. The normalized spacial score (nSPS) is 20.3. The first-order chi connectivity index (χ1) is 12.6. The molecule has 1 saturated carbocycles. The predicted molar refractivity (Wildman–Crippen MR) is 97.4 cm³/mol. The van der Waals surface area contributed by atoms with E-state index in [2.05, 4.69) is 6.58 Å². The molecule has 1 atom stereocenters. The molecule has 2 fully saturated rings. The summed E-state index contributed by atoms with van der Waals surface area (Å²) in [6.45, 7) is 6.80. The van der Waals surface area contributed by atoms with Crippen LogP contribution in [0.4, 0.5) is 4.39 Å². The fraction of sp³-hybridized carbons (Fsp3) is 0.500. The van der Waals surface area contributed by atoms with Gasteiger partial charge in [-0.25, -0.2) is 9.37 Å². The molecule has 5 nitrogen and oxygen atoms in total. The average Bonchev–Trinajstić information content (AvgIpc) is 3.47. The second-order valence-corrected chi connectivity index (χ2v) is 6.94. The third kappa shape index (κ3) is 3.03. The highest BCUT2D eigenvalue weighted by Crippen LogP contribution is 2.38. The predicted octanol–water partition coefficient (Wildman–Crippen LogP) is 4.12. The summed E-state index contributed by atoms with van der Waals surface area (Å²) in [5.74, 6) is 0.488. The van der Waals surface area contributed by atoms with Crippen LogP contribution < -0.4 is 5.56 Å². The first-order valence-electron chi connectivity index (χ1n) is 9.29. The summed E-state index contributed by atoms with van der Waals surface area (Å²) in [5.41, 5.74) is 0.668. The molecule has 0 spiro atoms. The molecule has 0 amide bonds. The first-order valence-corrected chi connectivity index (χ1v) is 9.29. The molecule has 1 aliphatic heterocycles. The molecular weight excluding hydrogens is 335 g/mol. The van der Waals surface area contributed by atoms with E-state index in [0.29, 0.717) is 35.9 Å². The number of benzene rings is 1. The Morgan fingerprint density at radius 1 is 1.38 bits per heavy atom. The monoisotopic (exact) mass is 358 g/mol. The van der Waals surface area contributed by atoms with Crippen molar-refractivity contribution in [3.63, 3.8) is 0 Å². The lowest BCUT2D eigenvalue weighted by molar-refractivity contribution is 0.00660. The van der Waals surface area contributed by atoms with Gasteiger partial charge in [-0.2, -0.15) is 0 Å². The van der Waals surface area contributed by atoms with Gasteiger partial charge in [-0.05, 0) is 51.2 Å². The van der Waals surface area contributed by atoms with Gasteiger partial charge >= 0.3 is 0 Å². The molecular formula is C20H23FN2O3. The Morgan fingerprint density at radius 2 is 2.19 bits per heavy atom. The molecule has 2 aliphatic rings. The summed E-state index contributed by atoms with van der Waals surface area (Å²) in [7, 11) is 0. The molecule has 1 aromatic carbocycles. The molecule has 1 aromatic heterocycles. The highest BCUT2D eigenvalue weighted by Gasteiger charge is 2.32. The highest BCUT2D eigenvalue weighted by atomic mass is 19.1. The van der Waals surface area contributed by atoms with Crippen molar-refractivity contribution >= 4 is 16.7 Å². The Bertz CT molecular complexity index is 911. The fourth-order valence-electron chi connectivity index (χ4n) is 3.61. The fourth-order valence-corrected chi connectivity index (χ4v) is 3.61. The second kappa shape index (κ2) is 6.83. The third-order valence-corrected chi connectivity index (χ3v) is 5.00. The molecule has 138 valence electrons. The largest absolute Gasteiger partial charge is 0.494 e. The molecule has 0 N–H and O–H groups in total. The van der Waals surface area contributed by atoms with Gasteiger partial charge in [0.05, 0.1) is 17.5 Å². The van der Waals surface area contributed by atoms with Crippen LogP contribution in [0.1, 0.15) is 62.6 Å². The van der Waals surface area contributed by atoms with Crippen molar-refractivity contribution in [3.8, 4) is 0 Å². The second-order valence-electron chi connectivity index (χ2n) is 6.94. The lowest BCUT2D eigenvalue weighted by atomic mass is 10.1. The Labute approximate surface area is 151 Å². The van der Waals surface area contributed by atoms with Crippen LogP contribution in [0.25, 0.3) is 16.7 Å². The third-order valence-electron chi connectivity index (χ3n) is 5.00. The van der Waals surface area contributed by atoms with Crippen molar-refractivity contribution < 1.29 is 13.9 Å². The van der Waals surface area contributed by atoms with Gasteiger partial charge < -0.3 is 9.47 Å². The van der Waals surface area contributed by atoms with Crippen LogP contribution in [-0.4, -0.2) is 22.8 Å². The van der Waals surface area contributed by atoms with Gasteiger partial charge in [-0.1, -0.05) is 6.58 Å². The summed E-state index contributed by atoms with van der Waals surface area (Å²) < 4.78 is 27.3. The lowest BCUT2D eigenvalue weighted by Gasteiger charge is -2.25. The Balaban J connectivity index is 1.96. The van der Waals surface area contributed by atoms with E-state index in [1.54, 1.807) is 4.57 Å². The van der Waals surface area contributed by atoms with Crippen LogP contribution in [0.2, 0.25) is 0 Å². The van der Waals surface area contributed by atoms with Crippen molar-refractivity contribution in [2.24, 2.45) is 0 Å². The zero-order valence-corrected chi connectivity index (χ0v) is 15.0. The number of halogens is 1. The molecule has 1 saturated heterocycles. The van der Waals surface area contributed by atoms with E-state index in [4.69, 9.17) is 14.5 Å². The van der Waals surface area contributed by atoms with Gasteiger partial charge in [0.1, 0.15) is 23.5 Å². The van der Waals surface area contributed by atoms with E-state index >= 15 is 0 Å². The molecule has 1 aliphatic carbocycles. The number of ether oxygens (including phenoxy) is 2. The van der Waals surface area contributed by atoms with Gasteiger partial charge in [0, 0.05) is 18.2 Å². The Hall–Kier alpha value is -2.21. The van der Waals surface area contributed by atoms with Crippen molar-refractivity contribution in [2.75, 3.05) is 13.2 Å². The molecule has 0 bridgehead atoms. The zero-order chi connectivity index (χ0) is 18.3. The summed E-state index contributed by atoms with van der Waals surface area (Å²) in [4.78, 5) is 18.0. The van der Waals surface area contributed by atoms with Gasteiger partial charge in [0.25, 0.3) is 5.56 Å². The summed E-state index contributed by atoms with van der Waals surface area (Å²) in [6.07, 6.45) is 4.61. The zero-order valence-electron chi connectivity index (χ0n) is 15.0. The van der Waals surface area contributed by atoms with Crippen LogP contribution in [0.3, 0.4) is 0 Å². The molecule has 4 rings (SSSR count). The van der Waals surface area contributed by atoms with E-state index in [9.17, 15) is 9.18 Å². The topological polar surface area (TPSA) is 53.4 Å². The smallest absolute Gasteiger partial charge is 0.261 e. The first kappa shape index (κ1) is 17.2. The average molecular weight is 358 g/mol. The number of rotatable bonds is 5. The van der Waals surface area contributed by atoms with Crippen LogP contribution in [-0.2, 0) is 9.47 Å². The minimum absolute atomic E-state index is 0.140. The standard InChI is InChI=1S/C20H23FN2O3/c1-3-25-12(2)15-10-13(21)11-16-18(15)22-19(17-6-4-5-9-26-17)23(20(16)24)14-7-8-14/h10-11,14,17H,2-9H2,1H3/t17-/m0/s1. The summed E-state index contributed by atoms with van der Waals surface area (Å²) in [5, 5.41) is 0.271. The maximum Gasteiger partial charge on any atom is 0.261 e. The van der Waals surface area contributed by atoms with Gasteiger partial charge in [-0.3, -0.25) is 9.36 Å². The van der Waals surface area contributed by atoms with Crippen molar-refractivity contribution in [1.29, 1.82) is 0 Å². The van der Waals surface area contributed by atoms with Gasteiger partial charge in [0.2, 0.25) is 0 Å². The number of hydrogen-bond donors (Lipinski definition) is 0. The SMILES string of the molecule is C=C(OCC)c1cc(F)cc2c(=O)n(C3CC3)c([C@@H]3CCCCO3)nc12. The van der Waals surface area contributed by atoms with Crippen LogP contribution >= 0.6 is 0 Å². The van der Waals surface area contributed by atoms with Crippen molar-refractivity contribution in [1.82, 2.24) is 9.55 Å². The van der Waals surface area contributed by atoms with E-state index in [-0.39, 0.29) is 23.1 Å². The van der Waals surface area contributed by atoms with Crippen LogP contribution in [0.5, 0.6) is 0 Å². The molecule has 2 heterocycles. The van der Waals surface area contributed by atoms with Crippen molar-refractivity contribution in [2.45, 2.75) is 51.2 Å². The van der Waals surface area contributed by atoms with E-state index in [0.717, 1.165) is 32.1 Å². The van der Waals surface area contributed by atoms with E-state index < -0.39 is 5.82 Å². The number of fused-ring (bicyclic) bond motifs is 1. The molecule has 0 radical (unpaired) electrons. The lowest BCUT2D eigenvalue weighted by Crippen LogP contribution is -2.29.